The Balaban J connectivity index is 1.66. The van der Waals surface area contributed by atoms with Crippen molar-refractivity contribution in [1.82, 2.24) is 15.1 Å². The van der Waals surface area contributed by atoms with Gasteiger partial charge in [-0.05, 0) is 61.9 Å². The van der Waals surface area contributed by atoms with Crippen molar-refractivity contribution < 1.29 is 19.1 Å². The summed E-state index contributed by atoms with van der Waals surface area (Å²) in [6.45, 7) is 4.16. The zero-order valence-corrected chi connectivity index (χ0v) is 18.6. The first-order chi connectivity index (χ1) is 15.4. The van der Waals surface area contributed by atoms with Crippen LogP contribution in [0.5, 0.6) is 11.5 Å². The minimum absolute atomic E-state index is 0.238. The van der Waals surface area contributed by atoms with E-state index in [1.54, 1.807) is 61.1 Å². The van der Waals surface area contributed by atoms with Crippen LogP contribution in [0, 0.1) is 6.92 Å². The van der Waals surface area contributed by atoms with Gasteiger partial charge in [-0.25, -0.2) is 0 Å². The monoisotopic (exact) mass is 434 g/mol. The summed E-state index contributed by atoms with van der Waals surface area (Å²) in [6, 6.07) is 16.3. The van der Waals surface area contributed by atoms with E-state index in [1.807, 2.05) is 31.2 Å². The molecule has 1 aliphatic heterocycles. The summed E-state index contributed by atoms with van der Waals surface area (Å²) in [5, 5.41) is 7.42. The number of carbonyl (C=O) groups is 2. The SMILES string of the molecule is COc1ccc(CNC(=O)C2(C)Cn3nc(C)cc3C(=O)N2c2ccc(OC)cc2)cc1. The Labute approximate surface area is 186 Å². The van der Waals surface area contributed by atoms with Gasteiger partial charge in [-0.2, -0.15) is 5.10 Å². The first-order valence-corrected chi connectivity index (χ1v) is 10.3. The summed E-state index contributed by atoms with van der Waals surface area (Å²) in [6.07, 6.45) is 0. The number of benzene rings is 2. The van der Waals surface area contributed by atoms with Crippen LogP contribution in [0.2, 0.25) is 0 Å². The van der Waals surface area contributed by atoms with Crippen LogP contribution in [-0.2, 0) is 17.9 Å². The van der Waals surface area contributed by atoms with E-state index >= 15 is 0 Å². The van der Waals surface area contributed by atoms with Crippen LogP contribution < -0.4 is 19.7 Å². The lowest BCUT2D eigenvalue weighted by Crippen LogP contribution is -2.64. The molecule has 0 fully saturated rings. The fraction of sp³-hybridized carbons (Fsp3) is 0.292. The zero-order chi connectivity index (χ0) is 22.9. The third kappa shape index (κ3) is 3.79. The number of amides is 2. The van der Waals surface area contributed by atoms with Gasteiger partial charge in [-0.1, -0.05) is 12.1 Å². The molecule has 0 saturated carbocycles. The van der Waals surface area contributed by atoms with Crippen molar-refractivity contribution in [1.29, 1.82) is 0 Å². The van der Waals surface area contributed by atoms with E-state index < -0.39 is 5.54 Å². The lowest BCUT2D eigenvalue weighted by Gasteiger charge is -2.43. The minimum atomic E-state index is -1.18. The highest BCUT2D eigenvalue weighted by molar-refractivity contribution is 6.11. The van der Waals surface area contributed by atoms with Gasteiger partial charge in [0.1, 0.15) is 22.7 Å². The summed E-state index contributed by atoms with van der Waals surface area (Å²) >= 11 is 0. The molecule has 2 amide bonds. The molecule has 8 nitrogen and oxygen atoms in total. The van der Waals surface area contributed by atoms with Gasteiger partial charge in [-0.3, -0.25) is 19.2 Å². The molecule has 1 unspecified atom stereocenters. The van der Waals surface area contributed by atoms with E-state index in [2.05, 4.69) is 10.4 Å². The number of hydrogen-bond donors (Lipinski definition) is 1. The molecule has 1 atom stereocenters. The number of rotatable bonds is 6. The van der Waals surface area contributed by atoms with Crippen LogP contribution in [-0.4, -0.2) is 41.4 Å². The molecule has 2 heterocycles. The topological polar surface area (TPSA) is 85.7 Å². The molecule has 1 aliphatic rings. The minimum Gasteiger partial charge on any atom is -0.497 e. The number of fused-ring (bicyclic) bond motifs is 1. The van der Waals surface area contributed by atoms with E-state index in [-0.39, 0.29) is 18.4 Å². The van der Waals surface area contributed by atoms with Gasteiger partial charge in [-0.15, -0.1) is 0 Å². The molecule has 1 N–H and O–H groups in total. The summed E-state index contributed by atoms with van der Waals surface area (Å²) in [5.74, 6) is 0.877. The van der Waals surface area contributed by atoms with Crippen LogP contribution in [0.1, 0.15) is 28.7 Å². The molecule has 1 aromatic heterocycles. The van der Waals surface area contributed by atoms with Gasteiger partial charge in [0.15, 0.2) is 0 Å². The summed E-state index contributed by atoms with van der Waals surface area (Å²) in [5.41, 5.74) is 1.55. The molecule has 2 aromatic carbocycles. The van der Waals surface area contributed by atoms with Crippen LogP contribution in [0.4, 0.5) is 5.69 Å². The lowest BCUT2D eigenvalue weighted by atomic mass is 9.93. The number of aryl methyl sites for hydroxylation is 1. The highest BCUT2D eigenvalue weighted by Gasteiger charge is 2.48. The van der Waals surface area contributed by atoms with Gasteiger partial charge in [0.25, 0.3) is 5.91 Å². The molecule has 32 heavy (non-hydrogen) atoms. The molecular formula is C24H26N4O4. The summed E-state index contributed by atoms with van der Waals surface area (Å²) in [4.78, 5) is 28.5. The Kier molecular flexibility index (Phi) is 5.61. The number of nitrogens with one attached hydrogen (secondary N) is 1. The third-order valence-electron chi connectivity index (χ3n) is 5.71. The molecule has 3 aromatic rings. The Bertz CT molecular complexity index is 1140. The Morgan fingerprint density at radius 2 is 1.66 bits per heavy atom. The smallest absolute Gasteiger partial charge is 0.277 e. The zero-order valence-electron chi connectivity index (χ0n) is 18.6. The Hall–Kier alpha value is -3.81. The second-order valence-electron chi connectivity index (χ2n) is 7.97. The van der Waals surface area contributed by atoms with Crippen molar-refractivity contribution in [3.8, 4) is 11.5 Å². The maximum atomic E-state index is 13.5. The summed E-state index contributed by atoms with van der Waals surface area (Å²) < 4.78 is 12.0. The van der Waals surface area contributed by atoms with Gasteiger partial charge < -0.3 is 14.8 Å². The molecule has 0 bridgehead atoms. The van der Waals surface area contributed by atoms with Crippen molar-refractivity contribution in [2.45, 2.75) is 32.5 Å². The Morgan fingerprint density at radius 1 is 1.06 bits per heavy atom. The predicted octanol–water partition coefficient (Wildman–Crippen LogP) is 2.94. The van der Waals surface area contributed by atoms with Crippen LogP contribution in [0.3, 0.4) is 0 Å². The largest absolute Gasteiger partial charge is 0.497 e. The number of methoxy groups -OCH3 is 2. The van der Waals surface area contributed by atoms with Crippen molar-refractivity contribution in [3.05, 3.63) is 71.5 Å². The average Bonchev–Trinajstić information content (AvgIpc) is 3.18. The van der Waals surface area contributed by atoms with Crippen LogP contribution in [0.25, 0.3) is 0 Å². The lowest BCUT2D eigenvalue weighted by molar-refractivity contribution is -0.126. The molecular weight excluding hydrogens is 408 g/mol. The van der Waals surface area contributed by atoms with Crippen LogP contribution >= 0.6 is 0 Å². The molecule has 4 rings (SSSR count). The first-order valence-electron chi connectivity index (χ1n) is 10.3. The molecule has 166 valence electrons. The third-order valence-corrected chi connectivity index (χ3v) is 5.71. The summed E-state index contributed by atoms with van der Waals surface area (Å²) in [7, 11) is 3.19. The van der Waals surface area contributed by atoms with Crippen molar-refractivity contribution >= 4 is 17.5 Å². The molecule has 0 spiro atoms. The standard InChI is InChI=1S/C24H26N4O4/c1-16-13-21-22(29)28(18-7-11-20(32-4)12-8-18)24(2,15-27(21)26-16)23(30)25-14-17-5-9-19(31-3)10-6-17/h5-13H,14-15H2,1-4H3,(H,25,30). The van der Waals surface area contributed by atoms with Gasteiger partial charge in [0, 0.05) is 12.2 Å². The van der Waals surface area contributed by atoms with Crippen LogP contribution in [0.15, 0.2) is 54.6 Å². The van der Waals surface area contributed by atoms with Gasteiger partial charge in [0.05, 0.1) is 26.5 Å². The number of ether oxygens (including phenoxy) is 2. The quantitative estimate of drug-likeness (QED) is 0.645. The van der Waals surface area contributed by atoms with Crippen molar-refractivity contribution in [3.63, 3.8) is 0 Å². The second-order valence-corrected chi connectivity index (χ2v) is 7.97. The number of hydrogen-bond acceptors (Lipinski definition) is 5. The number of anilines is 1. The maximum Gasteiger partial charge on any atom is 0.277 e. The normalized spacial score (nSPS) is 17.6. The molecule has 0 saturated heterocycles. The van der Waals surface area contributed by atoms with E-state index in [9.17, 15) is 9.59 Å². The molecule has 0 aliphatic carbocycles. The Morgan fingerprint density at radius 3 is 2.25 bits per heavy atom. The van der Waals surface area contributed by atoms with Gasteiger partial charge >= 0.3 is 0 Å². The van der Waals surface area contributed by atoms with Crippen molar-refractivity contribution in [2.24, 2.45) is 0 Å². The predicted molar refractivity (Wildman–Crippen MR) is 120 cm³/mol. The highest BCUT2D eigenvalue weighted by atomic mass is 16.5. The first kappa shape index (κ1) is 21.4. The molecule has 0 radical (unpaired) electrons. The van der Waals surface area contributed by atoms with E-state index in [0.29, 0.717) is 23.7 Å². The number of nitrogens with zero attached hydrogens (tertiary/aromatic N) is 3. The average molecular weight is 434 g/mol. The highest BCUT2D eigenvalue weighted by Crippen LogP contribution is 2.33. The fourth-order valence-corrected chi connectivity index (χ4v) is 3.96. The van der Waals surface area contributed by atoms with E-state index in [4.69, 9.17) is 9.47 Å². The van der Waals surface area contributed by atoms with E-state index in [0.717, 1.165) is 17.0 Å². The number of carbonyl (C=O) groups excluding carboxylic acids is 2. The second kappa shape index (κ2) is 8.37. The number of aromatic nitrogens is 2. The van der Waals surface area contributed by atoms with Gasteiger partial charge in [0.2, 0.25) is 5.91 Å². The van der Waals surface area contributed by atoms with E-state index in [1.165, 1.54) is 0 Å². The fourth-order valence-electron chi connectivity index (χ4n) is 3.96. The molecule has 8 heteroatoms. The van der Waals surface area contributed by atoms with Crippen molar-refractivity contribution in [2.75, 3.05) is 19.1 Å². The maximum absolute atomic E-state index is 13.5.